The summed E-state index contributed by atoms with van der Waals surface area (Å²) in [6, 6.07) is 13.4. The molecule has 0 N–H and O–H groups in total. The molecule has 8 nitrogen and oxygen atoms in total. The highest BCUT2D eigenvalue weighted by Gasteiger charge is 2.32. The predicted molar refractivity (Wildman–Crippen MR) is 163 cm³/mol. The Morgan fingerprint density at radius 1 is 1.16 bits per heavy atom. The number of benzene rings is 2. The van der Waals surface area contributed by atoms with E-state index in [1.807, 2.05) is 24.3 Å². The first-order valence-corrected chi connectivity index (χ1v) is 14.9. The molecule has 6 rings (SSSR count). The first kappa shape index (κ1) is 28.9. The topological polar surface area (TPSA) is 75.9 Å². The van der Waals surface area contributed by atoms with Crippen molar-refractivity contribution in [1.29, 1.82) is 5.26 Å². The molecule has 0 bridgehead atoms. The van der Waals surface area contributed by atoms with E-state index in [-0.39, 0.29) is 17.5 Å². The second kappa shape index (κ2) is 12.2. The van der Waals surface area contributed by atoms with E-state index in [1.54, 1.807) is 17.0 Å². The molecule has 224 valence electrons. The number of fused-ring (bicyclic) bond motifs is 2. The van der Waals surface area contributed by atoms with Crippen molar-refractivity contribution in [2.24, 2.45) is 0 Å². The fraction of sp³-hybridized carbons (Fsp3) is 0.424. The standard InChI is InChI=1S/C33H36F2N6O2/c1-3-30(42)39-13-15-40(16-14-39)31-26-10-12-41(29-18-23(32(34)35)17-22-7-4-5-9-25(22)29)20-28(26)37-33(27(31)19-36)43-21-24-8-6-11-38(24)2/h3-5,7,9,17-18,24,32H,1,6,8,10-16,20-21H2,2H3/t24-/m0/s1. The number of halogens is 2. The van der Waals surface area contributed by atoms with Crippen LogP contribution in [0.2, 0.25) is 0 Å². The Morgan fingerprint density at radius 2 is 1.95 bits per heavy atom. The van der Waals surface area contributed by atoms with Crippen LogP contribution in [0.4, 0.5) is 20.2 Å². The lowest BCUT2D eigenvalue weighted by atomic mass is 9.96. The third kappa shape index (κ3) is 5.62. The number of carbonyl (C=O) groups excluding carboxylic acids is 1. The zero-order chi connectivity index (χ0) is 30.1. The number of anilines is 2. The van der Waals surface area contributed by atoms with Gasteiger partial charge in [-0.15, -0.1) is 0 Å². The number of carbonyl (C=O) groups is 1. The van der Waals surface area contributed by atoms with Crippen LogP contribution in [0.25, 0.3) is 10.8 Å². The predicted octanol–water partition coefficient (Wildman–Crippen LogP) is 4.91. The molecule has 3 aromatic rings. The van der Waals surface area contributed by atoms with Crippen molar-refractivity contribution in [2.45, 2.75) is 38.3 Å². The summed E-state index contributed by atoms with van der Waals surface area (Å²) in [6.45, 7) is 8.23. The Balaban J connectivity index is 1.39. The molecule has 1 aromatic heterocycles. The van der Waals surface area contributed by atoms with Gasteiger partial charge >= 0.3 is 0 Å². The molecule has 1 atom stereocenters. The quantitative estimate of drug-likeness (QED) is 0.364. The van der Waals surface area contributed by atoms with Crippen LogP contribution in [0.3, 0.4) is 0 Å². The van der Waals surface area contributed by atoms with Crippen molar-refractivity contribution < 1.29 is 18.3 Å². The summed E-state index contributed by atoms with van der Waals surface area (Å²) >= 11 is 0. The fourth-order valence-electron chi connectivity index (χ4n) is 6.64. The molecule has 2 saturated heterocycles. The Kier molecular flexibility index (Phi) is 8.17. The lowest BCUT2D eigenvalue weighted by Crippen LogP contribution is -2.49. The number of likely N-dealkylation sites (tertiary alicyclic amines) is 1. The third-order valence-corrected chi connectivity index (χ3v) is 9.03. The summed E-state index contributed by atoms with van der Waals surface area (Å²) in [5, 5.41) is 12.1. The van der Waals surface area contributed by atoms with Crippen LogP contribution in [0.1, 0.15) is 41.7 Å². The van der Waals surface area contributed by atoms with Gasteiger partial charge in [0.1, 0.15) is 18.2 Å². The second-order valence-corrected chi connectivity index (χ2v) is 11.5. The van der Waals surface area contributed by atoms with Gasteiger partial charge in [-0.25, -0.2) is 13.8 Å². The largest absolute Gasteiger partial charge is 0.475 e. The number of alkyl halides is 2. The van der Waals surface area contributed by atoms with Crippen LogP contribution in [0, 0.1) is 11.3 Å². The third-order valence-electron chi connectivity index (χ3n) is 9.03. The molecule has 0 aliphatic carbocycles. The molecule has 3 aliphatic rings. The molecule has 43 heavy (non-hydrogen) atoms. The van der Waals surface area contributed by atoms with E-state index < -0.39 is 6.43 Å². The number of piperazine rings is 1. The van der Waals surface area contributed by atoms with Gasteiger partial charge in [-0.2, -0.15) is 5.26 Å². The minimum Gasteiger partial charge on any atom is -0.475 e. The smallest absolute Gasteiger partial charge is 0.263 e. The molecular formula is C33H36F2N6O2. The summed E-state index contributed by atoms with van der Waals surface area (Å²) in [7, 11) is 2.08. The molecule has 0 spiro atoms. The first-order valence-electron chi connectivity index (χ1n) is 14.9. The molecule has 4 heterocycles. The van der Waals surface area contributed by atoms with E-state index in [2.05, 4.69) is 34.4 Å². The van der Waals surface area contributed by atoms with Gasteiger partial charge in [0.25, 0.3) is 6.43 Å². The zero-order valence-electron chi connectivity index (χ0n) is 24.4. The van der Waals surface area contributed by atoms with Crippen LogP contribution in [0.5, 0.6) is 5.88 Å². The molecule has 2 aromatic carbocycles. The Hall–Kier alpha value is -4.23. The van der Waals surface area contributed by atoms with Crippen molar-refractivity contribution in [3.63, 3.8) is 0 Å². The van der Waals surface area contributed by atoms with Crippen molar-refractivity contribution in [1.82, 2.24) is 14.8 Å². The number of aromatic nitrogens is 1. The number of nitrogens with zero attached hydrogens (tertiary/aromatic N) is 6. The van der Waals surface area contributed by atoms with Gasteiger partial charge in [-0.05, 0) is 56.4 Å². The maximum absolute atomic E-state index is 13.9. The van der Waals surface area contributed by atoms with E-state index in [1.165, 1.54) is 6.08 Å². The zero-order valence-corrected chi connectivity index (χ0v) is 24.4. The number of ether oxygens (including phenoxy) is 1. The summed E-state index contributed by atoms with van der Waals surface area (Å²) in [6.07, 6.45) is 1.47. The highest BCUT2D eigenvalue weighted by Crippen LogP contribution is 2.40. The molecule has 0 unspecified atom stereocenters. The second-order valence-electron chi connectivity index (χ2n) is 11.5. The van der Waals surface area contributed by atoms with Gasteiger partial charge in [0.2, 0.25) is 11.8 Å². The van der Waals surface area contributed by atoms with Gasteiger partial charge in [0.15, 0.2) is 0 Å². The SMILES string of the molecule is C=CC(=O)N1CCN(c2c(C#N)c(OC[C@@H]3CCCN3C)nc3c2CCN(c2cc(C(F)F)cc4ccccc24)C3)CC1. The molecule has 10 heteroatoms. The van der Waals surface area contributed by atoms with Crippen LogP contribution in [0.15, 0.2) is 49.1 Å². The van der Waals surface area contributed by atoms with Gasteiger partial charge < -0.3 is 24.3 Å². The van der Waals surface area contributed by atoms with Crippen molar-refractivity contribution in [2.75, 3.05) is 62.7 Å². The number of nitriles is 1. The van der Waals surface area contributed by atoms with E-state index in [9.17, 15) is 18.8 Å². The van der Waals surface area contributed by atoms with Crippen LogP contribution in [-0.4, -0.2) is 79.7 Å². The first-order chi connectivity index (χ1) is 20.9. The van der Waals surface area contributed by atoms with Crippen molar-refractivity contribution >= 4 is 28.1 Å². The number of rotatable bonds is 7. The molecule has 1 amide bonds. The van der Waals surface area contributed by atoms with Crippen molar-refractivity contribution in [3.05, 3.63) is 71.4 Å². The van der Waals surface area contributed by atoms with Gasteiger partial charge in [0.05, 0.1) is 17.9 Å². The Morgan fingerprint density at radius 3 is 2.65 bits per heavy atom. The van der Waals surface area contributed by atoms with E-state index >= 15 is 0 Å². The number of hydrogen-bond donors (Lipinski definition) is 0. The normalized spacial score (nSPS) is 19.0. The summed E-state index contributed by atoms with van der Waals surface area (Å²) < 4.78 is 34.1. The number of hydrogen-bond acceptors (Lipinski definition) is 7. The van der Waals surface area contributed by atoms with Crippen LogP contribution < -0.4 is 14.5 Å². The van der Waals surface area contributed by atoms with E-state index in [0.717, 1.165) is 52.8 Å². The Labute approximate surface area is 250 Å². The monoisotopic (exact) mass is 586 g/mol. The number of pyridine rings is 1. The van der Waals surface area contributed by atoms with Crippen molar-refractivity contribution in [3.8, 4) is 11.9 Å². The van der Waals surface area contributed by atoms with Crippen LogP contribution in [-0.2, 0) is 17.8 Å². The summed E-state index contributed by atoms with van der Waals surface area (Å²) in [5.74, 6) is 0.213. The average molecular weight is 587 g/mol. The average Bonchev–Trinajstić information content (AvgIpc) is 3.45. The number of likely N-dealkylation sites (N-methyl/N-ethyl adjacent to an activating group) is 1. The highest BCUT2D eigenvalue weighted by molar-refractivity contribution is 5.95. The van der Waals surface area contributed by atoms with E-state index in [4.69, 9.17) is 9.72 Å². The maximum Gasteiger partial charge on any atom is 0.263 e. The minimum atomic E-state index is -2.58. The lowest BCUT2D eigenvalue weighted by Gasteiger charge is -2.39. The van der Waals surface area contributed by atoms with Gasteiger partial charge in [-0.3, -0.25) is 4.79 Å². The summed E-state index contributed by atoms with van der Waals surface area (Å²) in [4.78, 5) is 25.5. The highest BCUT2D eigenvalue weighted by atomic mass is 19.3. The Bertz CT molecular complexity index is 1580. The maximum atomic E-state index is 13.9. The molecule has 2 fully saturated rings. The van der Waals surface area contributed by atoms with Gasteiger partial charge in [-0.1, -0.05) is 30.8 Å². The van der Waals surface area contributed by atoms with Crippen LogP contribution >= 0.6 is 0 Å². The summed E-state index contributed by atoms with van der Waals surface area (Å²) in [5.41, 5.74) is 3.74. The molecule has 0 saturated carbocycles. The fourth-order valence-corrected chi connectivity index (χ4v) is 6.64. The minimum absolute atomic E-state index is 0.00961. The number of amides is 1. The molecular weight excluding hydrogens is 550 g/mol. The van der Waals surface area contributed by atoms with E-state index in [0.29, 0.717) is 63.7 Å². The van der Waals surface area contributed by atoms with Gasteiger partial charge in [0, 0.05) is 61.0 Å². The molecule has 0 radical (unpaired) electrons. The molecule has 3 aliphatic heterocycles. The lowest BCUT2D eigenvalue weighted by molar-refractivity contribution is -0.126.